The molecule has 5 heteroatoms. The summed E-state index contributed by atoms with van der Waals surface area (Å²) in [5.74, 6) is 0.776. The molecule has 30 heavy (non-hydrogen) atoms. The van der Waals surface area contributed by atoms with Gasteiger partial charge in [0.2, 0.25) is 0 Å². The molecule has 0 aromatic heterocycles. The van der Waals surface area contributed by atoms with Crippen LogP contribution in [0.3, 0.4) is 0 Å². The standard InChI is InChI=1S/C25H42O5/c1-4-16-18-12-15(26)10-11-24(18,2)22-19(27)13-25(3)14(6-5-7-20(28)29)8-9-17(25)21(22)23(16)30/h14-19,21-23,26-27,30H,4-13H2,1-3H3,(H,28,29)/t14-,15+,16+,17?,18-,19-,21?,22?,23+,24-,25+/m0/s1. The van der Waals surface area contributed by atoms with Gasteiger partial charge in [0.15, 0.2) is 0 Å². The average molecular weight is 423 g/mol. The molecule has 4 rings (SSSR count). The van der Waals surface area contributed by atoms with Gasteiger partial charge in [0.1, 0.15) is 0 Å². The van der Waals surface area contributed by atoms with E-state index >= 15 is 0 Å². The Bertz CT molecular complexity index is 651. The molecular weight excluding hydrogens is 380 g/mol. The number of aliphatic carboxylic acids is 1. The summed E-state index contributed by atoms with van der Waals surface area (Å²) in [4.78, 5) is 11.0. The van der Waals surface area contributed by atoms with Crippen molar-refractivity contribution in [2.45, 2.75) is 103 Å². The van der Waals surface area contributed by atoms with Gasteiger partial charge in [-0.25, -0.2) is 0 Å². The van der Waals surface area contributed by atoms with Gasteiger partial charge in [-0.2, -0.15) is 0 Å². The Balaban J connectivity index is 1.64. The third-order valence-electron chi connectivity index (χ3n) is 10.5. The van der Waals surface area contributed by atoms with Crippen molar-refractivity contribution >= 4 is 5.97 Å². The number of carboxylic acids is 1. The van der Waals surface area contributed by atoms with Gasteiger partial charge in [0, 0.05) is 6.42 Å². The van der Waals surface area contributed by atoms with Crippen LogP contribution in [-0.4, -0.2) is 44.7 Å². The van der Waals surface area contributed by atoms with Crippen LogP contribution in [0, 0.1) is 46.3 Å². The van der Waals surface area contributed by atoms with Crippen molar-refractivity contribution in [1.82, 2.24) is 0 Å². The molecule has 0 spiro atoms. The number of aliphatic hydroxyl groups excluding tert-OH is 3. The lowest BCUT2D eigenvalue weighted by Gasteiger charge is -2.65. The highest BCUT2D eigenvalue weighted by Crippen LogP contribution is 2.69. The topological polar surface area (TPSA) is 98.0 Å². The largest absolute Gasteiger partial charge is 0.481 e. The monoisotopic (exact) mass is 422 g/mol. The fourth-order valence-electron chi connectivity index (χ4n) is 9.15. The number of rotatable bonds is 5. The maximum atomic E-state index is 11.6. The second-order valence-electron chi connectivity index (χ2n) is 11.7. The Hall–Kier alpha value is -0.650. The average Bonchev–Trinajstić information content (AvgIpc) is 2.99. The van der Waals surface area contributed by atoms with Crippen LogP contribution in [0.5, 0.6) is 0 Å². The van der Waals surface area contributed by atoms with Gasteiger partial charge in [-0.15, -0.1) is 0 Å². The molecule has 172 valence electrons. The second-order valence-corrected chi connectivity index (χ2v) is 11.7. The Morgan fingerprint density at radius 1 is 1.03 bits per heavy atom. The molecular formula is C25H42O5. The minimum absolute atomic E-state index is 0.0181. The van der Waals surface area contributed by atoms with E-state index in [0.29, 0.717) is 18.3 Å². The predicted octanol–water partition coefficient (Wildman–Crippen LogP) is 3.84. The third-order valence-corrected chi connectivity index (χ3v) is 10.5. The molecule has 4 N–H and O–H groups in total. The minimum Gasteiger partial charge on any atom is -0.481 e. The number of carboxylic acid groups (broad SMARTS) is 1. The Morgan fingerprint density at radius 2 is 1.77 bits per heavy atom. The highest BCUT2D eigenvalue weighted by Gasteiger charge is 2.66. The van der Waals surface area contributed by atoms with Crippen molar-refractivity contribution in [1.29, 1.82) is 0 Å². The van der Waals surface area contributed by atoms with Gasteiger partial charge in [0.25, 0.3) is 0 Å². The Morgan fingerprint density at radius 3 is 2.43 bits per heavy atom. The van der Waals surface area contributed by atoms with E-state index in [1.54, 1.807) is 0 Å². The fraction of sp³-hybridized carbons (Fsp3) is 0.960. The van der Waals surface area contributed by atoms with Crippen LogP contribution in [0.4, 0.5) is 0 Å². The molecule has 0 aromatic carbocycles. The molecule has 0 radical (unpaired) electrons. The molecule has 4 aliphatic carbocycles. The summed E-state index contributed by atoms with van der Waals surface area (Å²) in [7, 11) is 0. The number of carbonyl (C=O) groups is 1. The van der Waals surface area contributed by atoms with E-state index in [0.717, 1.165) is 51.4 Å². The third kappa shape index (κ3) is 3.34. The van der Waals surface area contributed by atoms with Crippen LogP contribution in [0.1, 0.15) is 85.0 Å². The lowest BCUT2D eigenvalue weighted by Crippen LogP contribution is -2.65. The van der Waals surface area contributed by atoms with Crippen molar-refractivity contribution in [3.8, 4) is 0 Å². The molecule has 4 saturated carbocycles. The zero-order valence-corrected chi connectivity index (χ0v) is 19.0. The van der Waals surface area contributed by atoms with Crippen LogP contribution in [0.2, 0.25) is 0 Å². The highest BCUT2D eigenvalue weighted by molar-refractivity contribution is 5.66. The van der Waals surface area contributed by atoms with Gasteiger partial charge < -0.3 is 20.4 Å². The molecule has 3 unspecified atom stereocenters. The molecule has 5 nitrogen and oxygen atoms in total. The molecule has 0 aliphatic heterocycles. The normalized spacial score (nSPS) is 52.9. The van der Waals surface area contributed by atoms with Crippen LogP contribution >= 0.6 is 0 Å². The first-order chi connectivity index (χ1) is 14.1. The molecule has 4 aliphatic rings. The van der Waals surface area contributed by atoms with Gasteiger partial charge in [-0.1, -0.05) is 27.2 Å². The summed E-state index contributed by atoms with van der Waals surface area (Å²) in [6, 6.07) is 0. The van der Waals surface area contributed by atoms with E-state index in [4.69, 9.17) is 5.11 Å². The van der Waals surface area contributed by atoms with E-state index in [2.05, 4.69) is 20.8 Å². The maximum absolute atomic E-state index is 11.6. The zero-order valence-electron chi connectivity index (χ0n) is 19.0. The summed E-state index contributed by atoms with van der Waals surface area (Å²) in [6.07, 6.45) is 7.04. The number of aliphatic hydroxyl groups is 3. The first kappa shape index (κ1) is 22.5. The SMILES string of the molecule is CC[C@H]1[C@@H](O)C2C3CC[C@H](CCCC(=O)O)[C@@]3(C)C[C@H](O)C2[C@@]2(C)CC[C@@H](O)C[C@@H]12. The quantitative estimate of drug-likeness (QED) is 0.540. The Labute approximate surface area is 181 Å². The number of fused-ring (bicyclic) bond motifs is 5. The van der Waals surface area contributed by atoms with Gasteiger partial charge in [-0.3, -0.25) is 4.79 Å². The molecule has 4 fully saturated rings. The molecule has 0 aromatic rings. The number of hydrogen-bond donors (Lipinski definition) is 4. The number of hydrogen-bond acceptors (Lipinski definition) is 4. The maximum Gasteiger partial charge on any atom is 0.303 e. The van der Waals surface area contributed by atoms with Gasteiger partial charge in [0.05, 0.1) is 18.3 Å². The van der Waals surface area contributed by atoms with Crippen molar-refractivity contribution in [2.24, 2.45) is 46.3 Å². The van der Waals surface area contributed by atoms with Crippen molar-refractivity contribution in [3.63, 3.8) is 0 Å². The van der Waals surface area contributed by atoms with Crippen molar-refractivity contribution < 1.29 is 25.2 Å². The summed E-state index contributed by atoms with van der Waals surface area (Å²) < 4.78 is 0. The molecule has 0 heterocycles. The first-order valence-corrected chi connectivity index (χ1v) is 12.4. The van der Waals surface area contributed by atoms with E-state index in [9.17, 15) is 20.1 Å². The smallest absolute Gasteiger partial charge is 0.303 e. The molecule has 0 bridgehead atoms. The van der Waals surface area contributed by atoms with E-state index < -0.39 is 18.2 Å². The minimum atomic E-state index is -0.731. The van der Waals surface area contributed by atoms with Gasteiger partial charge >= 0.3 is 5.97 Å². The van der Waals surface area contributed by atoms with Crippen LogP contribution < -0.4 is 0 Å². The summed E-state index contributed by atoms with van der Waals surface area (Å²) in [5, 5.41) is 42.6. The van der Waals surface area contributed by atoms with Gasteiger partial charge in [-0.05, 0) is 97.7 Å². The van der Waals surface area contributed by atoms with Crippen LogP contribution in [0.25, 0.3) is 0 Å². The fourth-order valence-corrected chi connectivity index (χ4v) is 9.15. The summed E-state index contributed by atoms with van der Waals surface area (Å²) in [6.45, 7) is 6.81. The predicted molar refractivity (Wildman–Crippen MR) is 115 cm³/mol. The Kier molecular flexibility index (Phi) is 6.04. The van der Waals surface area contributed by atoms with E-state index in [1.165, 1.54) is 0 Å². The van der Waals surface area contributed by atoms with Crippen molar-refractivity contribution in [3.05, 3.63) is 0 Å². The van der Waals surface area contributed by atoms with E-state index in [1.807, 2.05) is 0 Å². The summed E-state index contributed by atoms with van der Waals surface area (Å²) in [5.41, 5.74) is -0.0400. The van der Waals surface area contributed by atoms with Crippen molar-refractivity contribution in [2.75, 3.05) is 0 Å². The second kappa shape index (κ2) is 8.04. The molecule has 0 amide bonds. The lowest BCUT2D eigenvalue weighted by atomic mass is 9.41. The van der Waals surface area contributed by atoms with Crippen LogP contribution in [0.15, 0.2) is 0 Å². The summed E-state index contributed by atoms with van der Waals surface area (Å²) >= 11 is 0. The first-order valence-electron chi connectivity index (χ1n) is 12.4. The lowest BCUT2D eigenvalue weighted by molar-refractivity contribution is -0.234. The molecule has 0 saturated heterocycles. The zero-order chi connectivity index (χ0) is 21.8. The molecule has 11 atom stereocenters. The van der Waals surface area contributed by atoms with E-state index in [-0.39, 0.29) is 47.0 Å². The van der Waals surface area contributed by atoms with Crippen LogP contribution in [-0.2, 0) is 4.79 Å². The highest BCUT2D eigenvalue weighted by atomic mass is 16.4.